The van der Waals surface area contributed by atoms with Crippen LogP contribution in [0.1, 0.15) is 106 Å². The number of esters is 1. The van der Waals surface area contributed by atoms with Gasteiger partial charge >= 0.3 is 5.97 Å². The molecule has 1 unspecified atom stereocenters. The van der Waals surface area contributed by atoms with Crippen molar-refractivity contribution < 1.29 is 14.3 Å². The average Bonchev–Trinajstić information content (AvgIpc) is 3.31. The summed E-state index contributed by atoms with van der Waals surface area (Å²) in [6.07, 6.45) is 3.78. The minimum Gasteiger partial charge on any atom is -0.465 e. The number of ether oxygens (including phenoxy) is 1. The van der Waals surface area contributed by atoms with Gasteiger partial charge < -0.3 is 19.1 Å². The van der Waals surface area contributed by atoms with Gasteiger partial charge in [0.25, 0.3) is 5.91 Å². The number of imidazole rings is 1. The molecule has 3 aromatic rings. The Labute approximate surface area is 266 Å². The van der Waals surface area contributed by atoms with Crippen LogP contribution in [0.4, 0.5) is 0 Å². The van der Waals surface area contributed by atoms with Crippen molar-refractivity contribution in [3.05, 3.63) is 65.0 Å². The zero-order valence-electron chi connectivity index (χ0n) is 28.9. The van der Waals surface area contributed by atoms with Gasteiger partial charge in [-0.1, -0.05) is 60.6 Å². The Balaban J connectivity index is 1.96. The molecule has 0 bridgehead atoms. The van der Waals surface area contributed by atoms with Gasteiger partial charge in [-0.05, 0) is 92.9 Å². The van der Waals surface area contributed by atoms with Gasteiger partial charge in [0.05, 0.1) is 23.7 Å². The Morgan fingerprint density at radius 1 is 0.886 bits per heavy atom. The Morgan fingerprint density at radius 2 is 1.48 bits per heavy atom. The van der Waals surface area contributed by atoms with E-state index in [0.717, 1.165) is 74.3 Å². The highest BCUT2D eigenvalue weighted by Crippen LogP contribution is 2.31. The fourth-order valence-corrected chi connectivity index (χ4v) is 5.91. The smallest absolute Gasteiger partial charge is 0.337 e. The first kappa shape index (κ1) is 35.3. The summed E-state index contributed by atoms with van der Waals surface area (Å²) in [6.45, 7) is 19.0. The Morgan fingerprint density at radius 3 is 2.02 bits per heavy atom. The lowest BCUT2D eigenvalue weighted by molar-refractivity contribution is 0.0600. The molecule has 1 amide bonds. The molecule has 0 aliphatic carbocycles. The Bertz CT molecular complexity index is 1360. The number of aromatic nitrogens is 2. The van der Waals surface area contributed by atoms with Gasteiger partial charge in [-0.25, -0.2) is 9.78 Å². The highest BCUT2D eigenvalue weighted by Gasteiger charge is 2.26. The van der Waals surface area contributed by atoms with E-state index >= 15 is 0 Å². The van der Waals surface area contributed by atoms with Gasteiger partial charge in [0.15, 0.2) is 0 Å². The van der Waals surface area contributed by atoms with E-state index in [0.29, 0.717) is 17.4 Å². The van der Waals surface area contributed by atoms with Crippen molar-refractivity contribution in [1.29, 1.82) is 0 Å². The number of amides is 1. The lowest BCUT2D eigenvalue weighted by Gasteiger charge is -2.30. The van der Waals surface area contributed by atoms with E-state index in [1.807, 2.05) is 41.3 Å². The monoisotopic (exact) mass is 604 g/mol. The standard InChI is InChI=1S/C37H56N4O3/c1-26(2)19-21-40(22-20-27(3)4)35(42)31-17-18-32-33(23-31)41(25-37(6,7)24-39(8)9)34(38-32)28(5)11-12-29-13-15-30(16-14-29)36(43)44-10/h13-18,23,26-28H,11-12,19-22,24-25H2,1-10H3. The van der Waals surface area contributed by atoms with Crippen molar-refractivity contribution in [2.75, 3.05) is 40.8 Å². The molecule has 0 spiro atoms. The minimum atomic E-state index is -0.320. The maximum absolute atomic E-state index is 13.9. The van der Waals surface area contributed by atoms with Gasteiger partial charge in [0, 0.05) is 37.7 Å². The predicted molar refractivity (Wildman–Crippen MR) is 181 cm³/mol. The van der Waals surface area contributed by atoms with E-state index in [-0.39, 0.29) is 23.2 Å². The number of carbonyl (C=O) groups is 2. The number of carbonyl (C=O) groups excluding carboxylic acids is 2. The number of hydrogen-bond acceptors (Lipinski definition) is 5. The van der Waals surface area contributed by atoms with Crippen LogP contribution < -0.4 is 0 Å². The molecule has 0 saturated heterocycles. The molecule has 1 atom stereocenters. The van der Waals surface area contributed by atoms with E-state index < -0.39 is 0 Å². The molecule has 3 rings (SSSR count). The third-order valence-electron chi connectivity index (χ3n) is 8.28. The SMILES string of the molecule is COC(=O)c1ccc(CCC(C)c2nc3ccc(C(=O)N(CCC(C)C)CCC(C)C)cc3n2CC(C)(C)CN(C)C)cc1. The quantitative estimate of drug-likeness (QED) is 0.157. The molecule has 2 aromatic carbocycles. The molecular weight excluding hydrogens is 548 g/mol. The van der Waals surface area contributed by atoms with Crippen LogP contribution in [0.3, 0.4) is 0 Å². The van der Waals surface area contributed by atoms with Gasteiger partial charge in [-0.2, -0.15) is 0 Å². The second-order valence-electron chi connectivity index (χ2n) is 14.4. The number of benzene rings is 2. The van der Waals surface area contributed by atoms with Crippen LogP contribution in [0.25, 0.3) is 11.0 Å². The van der Waals surface area contributed by atoms with Crippen LogP contribution in [0.15, 0.2) is 42.5 Å². The number of fused-ring (bicyclic) bond motifs is 1. The molecule has 0 saturated carbocycles. The summed E-state index contributed by atoms with van der Waals surface area (Å²) in [5, 5.41) is 0. The van der Waals surface area contributed by atoms with E-state index in [2.05, 4.69) is 78.1 Å². The first-order valence-corrected chi connectivity index (χ1v) is 16.3. The van der Waals surface area contributed by atoms with E-state index in [1.165, 1.54) is 12.7 Å². The van der Waals surface area contributed by atoms with Gasteiger partial charge in [0.1, 0.15) is 5.82 Å². The number of methoxy groups -OCH3 is 1. The molecule has 1 heterocycles. The van der Waals surface area contributed by atoms with Crippen LogP contribution in [-0.2, 0) is 17.7 Å². The number of aryl methyl sites for hydroxylation is 1. The third kappa shape index (κ3) is 9.91. The normalized spacial score (nSPS) is 12.8. The maximum Gasteiger partial charge on any atom is 0.337 e. The largest absolute Gasteiger partial charge is 0.465 e. The van der Waals surface area contributed by atoms with Crippen LogP contribution in [0.5, 0.6) is 0 Å². The highest BCUT2D eigenvalue weighted by molar-refractivity contribution is 5.97. The zero-order valence-corrected chi connectivity index (χ0v) is 28.9. The summed E-state index contributed by atoms with van der Waals surface area (Å²) >= 11 is 0. The third-order valence-corrected chi connectivity index (χ3v) is 8.28. The van der Waals surface area contributed by atoms with E-state index in [4.69, 9.17) is 9.72 Å². The van der Waals surface area contributed by atoms with Crippen LogP contribution >= 0.6 is 0 Å². The molecule has 0 aliphatic heterocycles. The summed E-state index contributed by atoms with van der Waals surface area (Å²) < 4.78 is 7.21. The molecule has 0 radical (unpaired) electrons. The molecule has 0 fully saturated rings. The number of hydrogen-bond donors (Lipinski definition) is 0. The summed E-state index contributed by atoms with van der Waals surface area (Å²) in [5.41, 5.74) is 4.43. The van der Waals surface area contributed by atoms with Crippen molar-refractivity contribution in [2.24, 2.45) is 17.3 Å². The molecule has 7 nitrogen and oxygen atoms in total. The minimum absolute atomic E-state index is 0.00407. The van der Waals surface area contributed by atoms with Crippen LogP contribution in [0, 0.1) is 17.3 Å². The fourth-order valence-electron chi connectivity index (χ4n) is 5.91. The van der Waals surface area contributed by atoms with Crippen molar-refractivity contribution in [3.8, 4) is 0 Å². The zero-order chi connectivity index (χ0) is 32.6. The lowest BCUT2D eigenvalue weighted by Crippen LogP contribution is -2.34. The maximum atomic E-state index is 13.9. The van der Waals surface area contributed by atoms with E-state index in [1.54, 1.807) is 0 Å². The highest BCUT2D eigenvalue weighted by atomic mass is 16.5. The number of rotatable bonds is 16. The molecule has 0 N–H and O–H groups in total. The summed E-state index contributed by atoms with van der Waals surface area (Å²) in [6, 6.07) is 13.7. The molecule has 44 heavy (non-hydrogen) atoms. The van der Waals surface area contributed by atoms with E-state index in [9.17, 15) is 9.59 Å². The van der Waals surface area contributed by atoms with Gasteiger partial charge in [-0.3, -0.25) is 4.79 Å². The molecular formula is C37H56N4O3. The Kier molecular flexibility index (Phi) is 12.6. The van der Waals surface area contributed by atoms with Crippen molar-refractivity contribution in [2.45, 2.75) is 86.6 Å². The Hall–Kier alpha value is -3.19. The number of nitrogens with zero attached hydrogens (tertiary/aromatic N) is 4. The van der Waals surface area contributed by atoms with Crippen LogP contribution in [-0.4, -0.2) is 72.1 Å². The topological polar surface area (TPSA) is 67.7 Å². The van der Waals surface area contributed by atoms with Crippen molar-refractivity contribution in [1.82, 2.24) is 19.4 Å². The predicted octanol–water partition coefficient (Wildman–Crippen LogP) is 7.68. The molecule has 7 heteroatoms. The summed E-state index contributed by atoms with van der Waals surface area (Å²) in [7, 11) is 5.63. The second-order valence-corrected chi connectivity index (χ2v) is 14.4. The summed E-state index contributed by atoms with van der Waals surface area (Å²) in [4.78, 5) is 35.2. The van der Waals surface area contributed by atoms with Gasteiger partial charge in [0.2, 0.25) is 0 Å². The van der Waals surface area contributed by atoms with Crippen LogP contribution in [0.2, 0.25) is 0 Å². The lowest BCUT2D eigenvalue weighted by atomic mass is 9.92. The second kappa shape index (κ2) is 15.7. The first-order valence-electron chi connectivity index (χ1n) is 16.3. The fraction of sp³-hybridized carbons (Fsp3) is 0.595. The molecule has 0 aliphatic rings. The van der Waals surface area contributed by atoms with Gasteiger partial charge in [-0.15, -0.1) is 0 Å². The molecule has 1 aromatic heterocycles. The summed E-state index contributed by atoms with van der Waals surface area (Å²) in [5.74, 6) is 2.13. The molecule has 242 valence electrons. The van der Waals surface area contributed by atoms with Crippen molar-refractivity contribution >= 4 is 22.9 Å². The van der Waals surface area contributed by atoms with Crippen molar-refractivity contribution in [3.63, 3.8) is 0 Å². The average molecular weight is 605 g/mol. The first-order chi connectivity index (χ1) is 20.7.